The van der Waals surface area contributed by atoms with Crippen LogP contribution < -0.4 is 0 Å². The molecule has 0 bridgehead atoms. The van der Waals surface area contributed by atoms with Gasteiger partial charge in [-0.1, -0.05) is 12.1 Å². The van der Waals surface area contributed by atoms with E-state index in [9.17, 15) is 19.2 Å². The van der Waals surface area contributed by atoms with Crippen molar-refractivity contribution in [2.75, 3.05) is 19.8 Å². The summed E-state index contributed by atoms with van der Waals surface area (Å²) >= 11 is 0. The average Bonchev–Trinajstić information content (AvgIpc) is 2.71. The first-order chi connectivity index (χ1) is 10.0. The predicted molar refractivity (Wildman–Crippen MR) is 69.4 cm³/mol. The molecule has 0 atom stereocenters. The van der Waals surface area contributed by atoms with Crippen molar-refractivity contribution in [3.8, 4) is 0 Å². The standard InChI is InChI=1S/C14H13NO6/c1-2-20-12(17)8-21-11(16)7-15-13(18)9-5-3-4-6-10(9)14(15)19/h3-6H,2,7-8H2,1H3. The van der Waals surface area contributed by atoms with Gasteiger partial charge >= 0.3 is 11.9 Å². The number of nitrogens with zero attached hydrogens (tertiary/aromatic N) is 1. The van der Waals surface area contributed by atoms with Crippen LogP contribution in [-0.4, -0.2) is 48.4 Å². The summed E-state index contributed by atoms with van der Waals surface area (Å²) in [6.45, 7) is 0.717. The lowest BCUT2D eigenvalue weighted by molar-refractivity contribution is -0.158. The Hall–Kier alpha value is -2.70. The second-order valence-electron chi connectivity index (χ2n) is 4.21. The van der Waals surface area contributed by atoms with Gasteiger partial charge in [0.25, 0.3) is 11.8 Å². The number of carbonyl (C=O) groups excluding carboxylic acids is 4. The van der Waals surface area contributed by atoms with Gasteiger partial charge in [0.15, 0.2) is 6.61 Å². The van der Waals surface area contributed by atoms with Crippen molar-refractivity contribution in [3.05, 3.63) is 35.4 Å². The van der Waals surface area contributed by atoms with Crippen LogP contribution in [0.15, 0.2) is 24.3 Å². The number of amides is 2. The van der Waals surface area contributed by atoms with Gasteiger partial charge < -0.3 is 9.47 Å². The average molecular weight is 291 g/mol. The molecule has 0 unspecified atom stereocenters. The van der Waals surface area contributed by atoms with E-state index in [-0.39, 0.29) is 17.7 Å². The molecule has 1 aromatic carbocycles. The fourth-order valence-corrected chi connectivity index (χ4v) is 1.90. The fraction of sp³-hybridized carbons (Fsp3) is 0.286. The quantitative estimate of drug-likeness (QED) is 0.576. The molecule has 0 saturated carbocycles. The predicted octanol–water partition coefficient (Wildman–Crippen LogP) is 0.389. The molecule has 0 fully saturated rings. The molecule has 110 valence electrons. The van der Waals surface area contributed by atoms with E-state index in [0.717, 1.165) is 4.90 Å². The van der Waals surface area contributed by atoms with Gasteiger partial charge in [-0.05, 0) is 19.1 Å². The Morgan fingerprint density at radius 1 is 1.00 bits per heavy atom. The molecule has 21 heavy (non-hydrogen) atoms. The van der Waals surface area contributed by atoms with Gasteiger partial charge in [0.2, 0.25) is 0 Å². The Labute approximate surface area is 120 Å². The van der Waals surface area contributed by atoms with Crippen molar-refractivity contribution in [3.63, 3.8) is 0 Å². The van der Waals surface area contributed by atoms with E-state index in [1.54, 1.807) is 19.1 Å². The third-order valence-electron chi connectivity index (χ3n) is 2.82. The van der Waals surface area contributed by atoms with E-state index in [0.29, 0.717) is 0 Å². The van der Waals surface area contributed by atoms with Gasteiger partial charge in [-0.3, -0.25) is 19.3 Å². The van der Waals surface area contributed by atoms with Crippen molar-refractivity contribution in [1.82, 2.24) is 4.90 Å². The molecular formula is C14H13NO6. The Morgan fingerprint density at radius 2 is 1.57 bits per heavy atom. The zero-order valence-electron chi connectivity index (χ0n) is 11.3. The summed E-state index contributed by atoms with van der Waals surface area (Å²) in [5.41, 5.74) is 0.501. The number of esters is 2. The van der Waals surface area contributed by atoms with E-state index >= 15 is 0 Å². The fourth-order valence-electron chi connectivity index (χ4n) is 1.90. The van der Waals surface area contributed by atoms with Crippen molar-refractivity contribution in [1.29, 1.82) is 0 Å². The molecule has 1 heterocycles. The molecule has 1 aliphatic rings. The molecule has 7 heteroatoms. The highest BCUT2D eigenvalue weighted by atomic mass is 16.6. The number of hydrogen-bond acceptors (Lipinski definition) is 6. The zero-order valence-corrected chi connectivity index (χ0v) is 11.3. The highest BCUT2D eigenvalue weighted by molar-refractivity contribution is 6.22. The van der Waals surface area contributed by atoms with Crippen LogP contribution >= 0.6 is 0 Å². The molecular weight excluding hydrogens is 278 g/mol. The molecule has 1 aliphatic heterocycles. The second-order valence-corrected chi connectivity index (χ2v) is 4.21. The maximum Gasteiger partial charge on any atom is 0.344 e. The van der Waals surface area contributed by atoms with Crippen molar-refractivity contribution in [2.45, 2.75) is 6.92 Å². The lowest BCUT2D eigenvalue weighted by Crippen LogP contribution is -2.36. The van der Waals surface area contributed by atoms with E-state index in [4.69, 9.17) is 0 Å². The molecule has 0 aromatic heterocycles. The number of rotatable bonds is 5. The smallest absolute Gasteiger partial charge is 0.344 e. The van der Waals surface area contributed by atoms with E-state index < -0.39 is 36.9 Å². The summed E-state index contributed by atoms with van der Waals surface area (Å²) in [6, 6.07) is 6.29. The minimum Gasteiger partial charge on any atom is -0.463 e. The Kier molecular flexibility index (Phi) is 4.32. The largest absolute Gasteiger partial charge is 0.463 e. The zero-order chi connectivity index (χ0) is 15.4. The van der Waals surface area contributed by atoms with Gasteiger partial charge in [-0.2, -0.15) is 0 Å². The Bertz CT molecular complexity index is 574. The number of imide groups is 1. The third kappa shape index (κ3) is 3.07. The molecule has 0 radical (unpaired) electrons. The van der Waals surface area contributed by atoms with E-state index in [1.165, 1.54) is 12.1 Å². The highest BCUT2D eigenvalue weighted by Crippen LogP contribution is 2.21. The van der Waals surface area contributed by atoms with Crippen LogP contribution in [0.2, 0.25) is 0 Å². The van der Waals surface area contributed by atoms with Gasteiger partial charge in [0, 0.05) is 0 Å². The number of ether oxygens (including phenoxy) is 2. The maximum absolute atomic E-state index is 12.0. The van der Waals surface area contributed by atoms with E-state index in [2.05, 4.69) is 9.47 Å². The minimum absolute atomic E-state index is 0.175. The van der Waals surface area contributed by atoms with Crippen molar-refractivity contribution >= 4 is 23.8 Å². The van der Waals surface area contributed by atoms with Crippen molar-refractivity contribution < 1.29 is 28.7 Å². The SMILES string of the molecule is CCOC(=O)COC(=O)CN1C(=O)c2ccccc2C1=O. The lowest BCUT2D eigenvalue weighted by Gasteiger charge is -2.12. The minimum atomic E-state index is -0.849. The van der Waals surface area contributed by atoms with Crippen LogP contribution in [0.4, 0.5) is 0 Å². The summed E-state index contributed by atoms with van der Waals surface area (Å²) in [7, 11) is 0. The first kappa shape index (κ1) is 14.7. The third-order valence-corrected chi connectivity index (χ3v) is 2.82. The number of fused-ring (bicyclic) bond motifs is 1. The number of carbonyl (C=O) groups is 4. The van der Waals surface area contributed by atoms with Gasteiger partial charge in [-0.15, -0.1) is 0 Å². The molecule has 0 aliphatic carbocycles. The topological polar surface area (TPSA) is 90.0 Å². The van der Waals surface area contributed by atoms with Crippen LogP contribution in [0.25, 0.3) is 0 Å². The molecule has 2 amide bonds. The molecule has 0 N–H and O–H groups in total. The number of hydrogen-bond donors (Lipinski definition) is 0. The van der Waals surface area contributed by atoms with Crippen LogP contribution in [0.1, 0.15) is 27.6 Å². The summed E-state index contributed by atoms with van der Waals surface area (Å²) < 4.78 is 9.25. The Balaban J connectivity index is 1.96. The molecule has 0 spiro atoms. The number of benzene rings is 1. The highest BCUT2D eigenvalue weighted by Gasteiger charge is 2.36. The first-order valence-corrected chi connectivity index (χ1v) is 6.31. The summed E-state index contributed by atoms with van der Waals surface area (Å²) in [6.07, 6.45) is 0. The van der Waals surface area contributed by atoms with Crippen LogP contribution in [-0.2, 0) is 19.1 Å². The monoisotopic (exact) mass is 291 g/mol. The normalized spacial score (nSPS) is 13.1. The Morgan fingerprint density at radius 3 is 2.10 bits per heavy atom. The van der Waals surface area contributed by atoms with Gasteiger partial charge in [-0.25, -0.2) is 4.79 Å². The van der Waals surface area contributed by atoms with Crippen LogP contribution in [0.3, 0.4) is 0 Å². The molecule has 1 aromatic rings. The van der Waals surface area contributed by atoms with E-state index in [1.807, 2.05) is 0 Å². The molecule has 2 rings (SSSR count). The van der Waals surface area contributed by atoms with Gasteiger partial charge in [0.1, 0.15) is 6.54 Å². The van der Waals surface area contributed by atoms with Crippen LogP contribution in [0.5, 0.6) is 0 Å². The molecule has 0 saturated heterocycles. The summed E-state index contributed by atoms with van der Waals surface area (Å²) in [4.78, 5) is 47.4. The first-order valence-electron chi connectivity index (χ1n) is 6.31. The summed E-state index contributed by atoms with van der Waals surface area (Å²) in [5, 5.41) is 0. The van der Waals surface area contributed by atoms with Gasteiger partial charge in [0.05, 0.1) is 17.7 Å². The molecule has 7 nitrogen and oxygen atoms in total. The second kappa shape index (κ2) is 6.17. The summed E-state index contributed by atoms with van der Waals surface area (Å²) in [5.74, 6) is -2.64. The lowest BCUT2D eigenvalue weighted by atomic mass is 10.1. The maximum atomic E-state index is 12.0. The van der Waals surface area contributed by atoms with Crippen molar-refractivity contribution in [2.24, 2.45) is 0 Å². The van der Waals surface area contributed by atoms with Crippen LogP contribution in [0, 0.1) is 0 Å².